The molecule has 1 aliphatic rings. The second kappa shape index (κ2) is 4.36. The SMILES string of the molecule is CC1(c2ccc(C(F)(F)F)cc2)CC(=O)NC(=O)C1. The van der Waals surface area contributed by atoms with E-state index in [0.717, 1.165) is 12.1 Å². The topological polar surface area (TPSA) is 46.2 Å². The minimum atomic E-state index is -4.39. The Hall–Kier alpha value is -1.85. The molecule has 0 radical (unpaired) electrons. The molecule has 1 saturated heterocycles. The van der Waals surface area contributed by atoms with Crippen LogP contribution in [0.25, 0.3) is 0 Å². The van der Waals surface area contributed by atoms with Crippen LogP contribution >= 0.6 is 0 Å². The quantitative estimate of drug-likeness (QED) is 0.797. The van der Waals surface area contributed by atoms with Crippen LogP contribution in [0, 0.1) is 0 Å². The number of hydrogen-bond donors (Lipinski definition) is 1. The summed E-state index contributed by atoms with van der Waals surface area (Å²) in [5.74, 6) is -0.808. The van der Waals surface area contributed by atoms with Gasteiger partial charge in [0, 0.05) is 18.3 Å². The average Bonchev–Trinajstić information content (AvgIpc) is 2.26. The first kappa shape index (κ1) is 13.6. The average molecular weight is 271 g/mol. The predicted molar refractivity (Wildman–Crippen MR) is 61.2 cm³/mol. The van der Waals surface area contributed by atoms with Crippen LogP contribution in [-0.2, 0) is 21.2 Å². The first-order valence-corrected chi connectivity index (χ1v) is 5.71. The van der Waals surface area contributed by atoms with Crippen molar-refractivity contribution in [3.05, 3.63) is 35.4 Å². The summed E-state index contributed by atoms with van der Waals surface area (Å²) in [4.78, 5) is 22.8. The van der Waals surface area contributed by atoms with Crippen molar-refractivity contribution in [3.8, 4) is 0 Å². The van der Waals surface area contributed by atoms with Crippen molar-refractivity contribution in [2.24, 2.45) is 0 Å². The molecule has 1 aromatic rings. The molecule has 6 heteroatoms. The van der Waals surface area contributed by atoms with Crippen molar-refractivity contribution in [3.63, 3.8) is 0 Å². The summed E-state index contributed by atoms with van der Waals surface area (Å²) in [5, 5.41) is 2.18. The molecule has 2 amide bonds. The summed E-state index contributed by atoms with van der Waals surface area (Å²) >= 11 is 0. The smallest absolute Gasteiger partial charge is 0.296 e. The minimum absolute atomic E-state index is 0.0874. The minimum Gasteiger partial charge on any atom is -0.296 e. The Morgan fingerprint density at radius 1 is 1.05 bits per heavy atom. The van der Waals surface area contributed by atoms with Gasteiger partial charge in [-0.2, -0.15) is 13.2 Å². The number of alkyl halides is 3. The zero-order chi connectivity index (χ0) is 14.3. The van der Waals surface area contributed by atoms with Gasteiger partial charge in [-0.1, -0.05) is 19.1 Å². The molecule has 0 unspecified atom stereocenters. The van der Waals surface area contributed by atoms with Crippen LogP contribution in [0.1, 0.15) is 30.9 Å². The van der Waals surface area contributed by atoms with Crippen molar-refractivity contribution in [1.82, 2.24) is 5.32 Å². The monoisotopic (exact) mass is 271 g/mol. The lowest BCUT2D eigenvalue weighted by Gasteiger charge is -2.32. The Kier molecular flexibility index (Phi) is 3.12. The molecule has 0 bridgehead atoms. The van der Waals surface area contributed by atoms with E-state index < -0.39 is 29.0 Å². The maximum atomic E-state index is 12.5. The molecular weight excluding hydrogens is 259 g/mol. The normalized spacial score (nSPS) is 19.2. The number of amides is 2. The van der Waals surface area contributed by atoms with Crippen molar-refractivity contribution in [2.45, 2.75) is 31.4 Å². The Labute approximate surface area is 107 Å². The van der Waals surface area contributed by atoms with Gasteiger partial charge in [0.05, 0.1) is 5.56 Å². The number of imide groups is 1. The lowest BCUT2D eigenvalue weighted by molar-refractivity contribution is -0.138. The molecule has 0 aliphatic carbocycles. The van der Waals surface area contributed by atoms with Crippen LogP contribution in [0.15, 0.2) is 24.3 Å². The highest BCUT2D eigenvalue weighted by molar-refractivity contribution is 5.99. The zero-order valence-electron chi connectivity index (χ0n) is 10.2. The second-order valence-electron chi connectivity index (χ2n) is 4.96. The van der Waals surface area contributed by atoms with Crippen LogP contribution in [0.4, 0.5) is 13.2 Å². The largest absolute Gasteiger partial charge is 0.416 e. The molecule has 0 saturated carbocycles. The molecule has 1 fully saturated rings. The number of carbonyl (C=O) groups is 2. The van der Waals surface area contributed by atoms with E-state index in [0.29, 0.717) is 5.56 Å². The van der Waals surface area contributed by atoms with Crippen molar-refractivity contribution in [2.75, 3.05) is 0 Å². The predicted octanol–water partition coefficient (Wildman–Crippen LogP) is 2.40. The van der Waals surface area contributed by atoms with E-state index in [-0.39, 0.29) is 12.8 Å². The lowest BCUT2D eigenvalue weighted by atomic mass is 9.74. The molecule has 0 spiro atoms. The highest BCUT2D eigenvalue weighted by Crippen LogP contribution is 2.36. The molecule has 0 atom stereocenters. The van der Waals surface area contributed by atoms with Gasteiger partial charge in [-0.15, -0.1) is 0 Å². The van der Waals surface area contributed by atoms with Gasteiger partial charge in [0.15, 0.2) is 0 Å². The summed E-state index contributed by atoms with van der Waals surface area (Å²) in [6, 6.07) is 4.60. The summed E-state index contributed by atoms with van der Waals surface area (Å²) in [5.41, 5.74) is -0.932. The molecule has 19 heavy (non-hydrogen) atoms. The van der Waals surface area contributed by atoms with Gasteiger partial charge < -0.3 is 0 Å². The number of benzene rings is 1. The summed E-state index contributed by atoms with van der Waals surface area (Å²) in [7, 11) is 0. The van der Waals surface area contributed by atoms with E-state index in [1.54, 1.807) is 6.92 Å². The number of hydrogen-bond acceptors (Lipinski definition) is 2. The molecule has 102 valence electrons. The van der Waals surface area contributed by atoms with Crippen LogP contribution in [0.3, 0.4) is 0 Å². The molecular formula is C13H12F3NO2. The van der Waals surface area contributed by atoms with Gasteiger partial charge in [0.25, 0.3) is 0 Å². The first-order chi connectivity index (χ1) is 8.71. The summed E-state index contributed by atoms with van der Waals surface area (Å²) in [6.07, 6.45) is -4.21. The molecule has 2 rings (SSSR count). The number of halogens is 3. The van der Waals surface area contributed by atoms with Gasteiger partial charge in [-0.3, -0.25) is 14.9 Å². The Morgan fingerprint density at radius 3 is 1.95 bits per heavy atom. The van der Waals surface area contributed by atoms with E-state index >= 15 is 0 Å². The van der Waals surface area contributed by atoms with E-state index in [1.165, 1.54) is 12.1 Å². The van der Waals surface area contributed by atoms with Gasteiger partial charge >= 0.3 is 6.18 Å². The van der Waals surface area contributed by atoms with Crippen LogP contribution < -0.4 is 5.32 Å². The van der Waals surface area contributed by atoms with E-state index in [4.69, 9.17) is 0 Å². The number of piperidine rings is 1. The van der Waals surface area contributed by atoms with Gasteiger partial charge in [-0.05, 0) is 17.7 Å². The third-order valence-corrected chi connectivity index (χ3v) is 3.29. The molecule has 0 aromatic heterocycles. The van der Waals surface area contributed by atoms with Crippen LogP contribution in [0.5, 0.6) is 0 Å². The van der Waals surface area contributed by atoms with E-state index in [2.05, 4.69) is 5.32 Å². The summed E-state index contributed by atoms with van der Waals surface area (Å²) in [6.45, 7) is 1.70. The Morgan fingerprint density at radius 2 is 1.53 bits per heavy atom. The highest BCUT2D eigenvalue weighted by Gasteiger charge is 2.38. The highest BCUT2D eigenvalue weighted by atomic mass is 19.4. The van der Waals surface area contributed by atoms with Crippen molar-refractivity contribution >= 4 is 11.8 Å². The molecule has 1 heterocycles. The van der Waals surface area contributed by atoms with Gasteiger partial charge in [0.2, 0.25) is 11.8 Å². The van der Waals surface area contributed by atoms with Crippen LogP contribution in [-0.4, -0.2) is 11.8 Å². The third kappa shape index (κ3) is 2.77. The first-order valence-electron chi connectivity index (χ1n) is 5.71. The number of nitrogens with one attached hydrogen (secondary N) is 1. The molecule has 1 N–H and O–H groups in total. The fourth-order valence-corrected chi connectivity index (χ4v) is 2.28. The zero-order valence-corrected chi connectivity index (χ0v) is 10.2. The number of carbonyl (C=O) groups excluding carboxylic acids is 2. The van der Waals surface area contributed by atoms with Crippen molar-refractivity contribution < 1.29 is 22.8 Å². The third-order valence-electron chi connectivity index (χ3n) is 3.29. The molecule has 1 aromatic carbocycles. The van der Waals surface area contributed by atoms with Crippen LogP contribution in [0.2, 0.25) is 0 Å². The summed E-state index contributed by atoms with van der Waals surface area (Å²) < 4.78 is 37.4. The van der Waals surface area contributed by atoms with Gasteiger partial charge in [-0.25, -0.2) is 0 Å². The van der Waals surface area contributed by atoms with Crippen molar-refractivity contribution in [1.29, 1.82) is 0 Å². The maximum Gasteiger partial charge on any atom is 0.416 e. The Bertz CT molecular complexity index is 504. The fraction of sp³-hybridized carbons (Fsp3) is 0.385. The number of rotatable bonds is 1. The Balaban J connectivity index is 2.31. The fourth-order valence-electron chi connectivity index (χ4n) is 2.28. The van der Waals surface area contributed by atoms with E-state index in [1.807, 2.05) is 0 Å². The molecule has 1 aliphatic heterocycles. The second-order valence-corrected chi connectivity index (χ2v) is 4.96. The standard InChI is InChI=1S/C13H12F3NO2/c1-12(6-10(18)17-11(19)7-12)8-2-4-9(5-3-8)13(14,15)16/h2-5H,6-7H2,1H3,(H,17,18,19). The molecule has 3 nitrogen and oxygen atoms in total. The van der Waals surface area contributed by atoms with E-state index in [9.17, 15) is 22.8 Å². The van der Waals surface area contributed by atoms with Gasteiger partial charge in [0.1, 0.15) is 0 Å². The maximum absolute atomic E-state index is 12.5. The lowest BCUT2D eigenvalue weighted by Crippen LogP contribution is -2.45.